The maximum absolute atomic E-state index is 12.6. The van der Waals surface area contributed by atoms with E-state index in [0.717, 1.165) is 4.88 Å². The van der Waals surface area contributed by atoms with Gasteiger partial charge in [-0.1, -0.05) is 6.07 Å². The normalized spacial score (nSPS) is 14.7. The van der Waals surface area contributed by atoms with E-state index in [1.54, 1.807) is 17.5 Å². The van der Waals surface area contributed by atoms with Crippen LogP contribution in [-0.4, -0.2) is 28.7 Å². The van der Waals surface area contributed by atoms with Gasteiger partial charge in [-0.05, 0) is 24.8 Å². The van der Waals surface area contributed by atoms with Crippen molar-refractivity contribution in [3.63, 3.8) is 0 Å². The second-order valence-corrected chi connectivity index (χ2v) is 5.09. The summed E-state index contributed by atoms with van der Waals surface area (Å²) < 4.78 is 37.9. The topological polar surface area (TPSA) is 66.4 Å². The third-order valence-electron chi connectivity index (χ3n) is 2.56. The van der Waals surface area contributed by atoms with Crippen LogP contribution in [0, 0.1) is 0 Å². The molecule has 2 N–H and O–H groups in total. The number of alkyl halides is 3. The summed E-state index contributed by atoms with van der Waals surface area (Å²) in [6.07, 6.45) is -4.98. The van der Waals surface area contributed by atoms with Crippen molar-refractivity contribution in [2.75, 3.05) is 0 Å². The predicted octanol–water partition coefficient (Wildman–Crippen LogP) is 2.20. The quantitative estimate of drug-likeness (QED) is 0.875. The van der Waals surface area contributed by atoms with E-state index in [0.29, 0.717) is 6.92 Å². The Morgan fingerprint density at radius 3 is 2.47 bits per heavy atom. The standard InChI is InChI=1S/C11H12F3NO3S/c1-10(9(17)18,11(12,13)14)15-8(16)5-4-7-3-2-6-19-7/h2-3,6H,4-5H2,1H3,(H,15,16)(H,17,18). The highest BCUT2D eigenvalue weighted by atomic mass is 32.1. The van der Waals surface area contributed by atoms with Crippen LogP contribution in [0.2, 0.25) is 0 Å². The summed E-state index contributed by atoms with van der Waals surface area (Å²) in [7, 11) is 0. The molecule has 1 aromatic rings. The van der Waals surface area contributed by atoms with Gasteiger partial charge in [-0.25, -0.2) is 4.79 Å². The summed E-state index contributed by atoms with van der Waals surface area (Å²) in [6.45, 7) is 0.429. The summed E-state index contributed by atoms with van der Waals surface area (Å²) in [5.41, 5.74) is -3.26. The van der Waals surface area contributed by atoms with Crippen LogP contribution < -0.4 is 5.32 Å². The van der Waals surface area contributed by atoms with Crippen molar-refractivity contribution < 1.29 is 27.9 Å². The molecule has 0 fully saturated rings. The second kappa shape index (κ2) is 5.60. The number of amides is 1. The van der Waals surface area contributed by atoms with Crippen LogP contribution in [0.4, 0.5) is 13.2 Å². The van der Waals surface area contributed by atoms with Gasteiger partial charge in [-0.2, -0.15) is 13.2 Å². The molecule has 0 aliphatic rings. The van der Waals surface area contributed by atoms with E-state index in [1.165, 1.54) is 16.7 Å². The first-order valence-corrected chi connectivity index (χ1v) is 6.18. The van der Waals surface area contributed by atoms with E-state index in [2.05, 4.69) is 0 Å². The molecule has 0 aliphatic carbocycles. The number of carboxylic acid groups (broad SMARTS) is 1. The van der Waals surface area contributed by atoms with Gasteiger partial charge in [-0.3, -0.25) is 4.79 Å². The maximum atomic E-state index is 12.6. The molecule has 1 rings (SSSR count). The molecule has 1 atom stereocenters. The van der Waals surface area contributed by atoms with Gasteiger partial charge < -0.3 is 10.4 Å². The van der Waals surface area contributed by atoms with Crippen LogP contribution in [0.15, 0.2) is 17.5 Å². The van der Waals surface area contributed by atoms with Crippen LogP contribution in [0.1, 0.15) is 18.2 Å². The molecule has 106 valence electrons. The summed E-state index contributed by atoms with van der Waals surface area (Å²) >= 11 is 1.38. The lowest BCUT2D eigenvalue weighted by atomic mass is 10.0. The molecule has 1 unspecified atom stereocenters. The number of nitrogens with one attached hydrogen (secondary N) is 1. The van der Waals surface area contributed by atoms with Gasteiger partial charge in [0.1, 0.15) is 0 Å². The lowest BCUT2D eigenvalue weighted by Gasteiger charge is -2.28. The van der Waals surface area contributed by atoms with Crippen LogP contribution in [0.5, 0.6) is 0 Å². The number of thiophene rings is 1. The largest absolute Gasteiger partial charge is 0.479 e. The third kappa shape index (κ3) is 3.69. The SMILES string of the molecule is CC(NC(=O)CCc1cccs1)(C(=O)O)C(F)(F)F. The van der Waals surface area contributed by atoms with E-state index in [4.69, 9.17) is 5.11 Å². The molecule has 4 nitrogen and oxygen atoms in total. The maximum Gasteiger partial charge on any atom is 0.422 e. The van der Waals surface area contributed by atoms with E-state index in [1.807, 2.05) is 0 Å². The molecule has 0 spiro atoms. The number of halogens is 3. The number of rotatable bonds is 5. The Morgan fingerprint density at radius 2 is 2.05 bits per heavy atom. The first-order chi connectivity index (χ1) is 8.67. The number of aryl methyl sites for hydroxylation is 1. The van der Waals surface area contributed by atoms with Crippen molar-refractivity contribution >= 4 is 23.2 Å². The Balaban J connectivity index is 2.65. The van der Waals surface area contributed by atoms with Crippen molar-refractivity contribution in [1.29, 1.82) is 0 Å². The second-order valence-electron chi connectivity index (χ2n) is 4.06. The fourth-order valence-corrected chi connectivity index (χ4v) is 1.99. The van der Waals surface area contributed by atoms with Gasteiger partial charge in [0.15, 0.2) is 0 Å². The lowest BCUT2D eigenvalue weighted by Crippen LogP contribution is -2.61. The van der Waals surface area contributed by atoms with Gasteiger partial charge in [-0.15, -0.1) is 11.3 Å². The zero-order chi connectivity index (χ0) is 14.7. The van der Waals surface area contributed by atoms with Gasteiger partial charge in [0.25, 0.3) is 0 Å². The molecule has 1 amide bonds. The molecule has 1 aromatic heterocycles. The van der Waals surface area contributed by atoms with E-state index in [-0.39, 0.29) is 12.8 Å². The van der Waals surface area contributed by atoms with E-state index in [9.17, 15) is 22.8 Å². The number of carbonyl (C=O) groups excluding carboxylic acids is 1. The van der Waals surface area contributed by atoms with Gasteiger partial charge in [0, 0.05) is 11.3 Å². The Bertz CT molecular complexity index is 458. The minimum absolute atomic E-state index is 0.195. The molecular weight excluding hydrogens is 283 g/mol. The van der Waals surface area contributed by atoms with E-state index < -0.39 is 23.6 Å². The average Bonchev–Trinajstić information content (AvgIpc) is 2.77. The number of aliphatic carboxylic acids is 1. The fraction of sp³-hybridized carbons (Fsp3) is 0.455. The smallest absolute Gasteiger partial charge is 0.422 e. The van der Waals surface area contributed by atoms with E-state index >= 15 is 0 Å². The molecule has 1 heterocycles. The van der Waals surface area contributed by atoms with Crippen molar-refractivity contribution in [3.8, 4) is 0 Å². The van der Waals surface area contributed by atoms with Crippen LogP contribution in [0.25, 0.3) is 0 Å². The fourth-order valence-electron chi connectivity index (χ4n) is 1.28. The van der Waals surface area contributed by atoms with Gasteiger partial charge in [0.2, 0.25) is 11.4 Å². The average molecular weight is 295 g/mol. The summed E-state index contributed by atoms with van der Waals surface area (Å²) in [4.78, 5) is 23.0. The van der Waals surface area contributed by atoms with Crippen LogP contribution in [0.3, 0.4) is 0 Å². The molecule has 0 saturated carbocycles. The summed E-state index contributed by atoms with van der Waals surface area (Å²) in [6, 6.07) is 3.51. The summed E-state index contributed by atoms with van der Waals surface area (Å²) in [5, 5.41) is 12.0. The van der Waals surface area contributed by atoms with Gasteiger partial charge >= 0.3 is 12.1 Å². The first kappa shape index (κ1) is 15.5. The molecule has 0 aliphatic heterocycles. The Labute approximate surface area is 111 Å². The van der Waals surface area contributed by atoms with Crippen molar-refractivity contribution in [2.24, 2.45) is 0 Å². The van der Waals surface area contributed by atoms with Crippen LogP contribution in [-0.2, 0) is 16.0 Å². The first-order valence-electron chi connectivity index (χ1n) is 5.30. The molecule has 0 bridgehead atoms. The van der Waals surface area contributed by atoms with Crippen molar-refractivity contribution in [1.82, 2.24) is 5.32 Å². The molecule has 0 aromatic carbocycles. The van der Waals surface area contributed by atoms with Crippen molar-refractivity contribution in [3.05, 3.63) is 22.4 Å². The highest BCUT2D eigenvalue weighted by Gasteiger charge is 2.58. The zero-order valence-corrected chi connectivity index (χ0v) is 10.8. The summed E-state index contributed by atoms with van der Waals surface area (Å²) in [5.74, 6) is -3.08. The molecule has 8 heteroatoms. The minimum Gasteiger partial charge on any atom is -0.479 e. The molecule has 0 radical (unpaired) electrons. The zero-order valence-electron chi connectivity index (χ0n) is 9.95. The lowest BCUT2D eigenvalue weighted by molar-refractivity contribution is -0.206. The number of hydrogen-bond acceptors (Lipinski definition) is 3. The van der Waals surface area contributed by atoms with Gasteiger partial charge in [0.05, 0.1) is 0 Å². The monoisotopic (exact) mass is 295 g/mol. The number of carbonyl (C=O) groups is 2. The molecular formula is C11H12F3NO3S. The van der Waals surface area contributed by atoms with Crippen molar-refractivity contribution in [2.45, 2.75) is 31.5 Å². The number of hydrogen-bond donors (Lipinski definition) is 2. The Morgan fingerprint density at radius 1 is 1.42 bits per heavy atom. The predicted molar refractivity (Wildman–Crippen MR) is 62.9 cm³/mol. The Hall–Kier alpha value is -1.57. The number of carboxylic acids is 1. The van der Waals surface area contributed by atoms with Crippen LogP contribution >= 0.6 is 11.3 Å². The Kier molecular flexibility index (Phi) is 4.56. The highest BCUT2D eigenvalue weighted by molar-refractivity contribution is 7.09. The third-order valence-corrected chi connectivity index (χ3v) is 3.50. The molecule has 0 saturated heterocycles. The highest BCUT2D eigenvalue weighted by Crippen LogP contribution is 2.30. The minimum atomic E-state index is -5.06. The molecule has 19 heavy (non-hydrogen) atoms.